The van der Waals surface area contributed by atoms with Gasteiger partial charge in [0, 0.05) is 5.75 Å². The van der Waals surface area contributed by atoms with E-state index in [1.165, 1.54) is 0 Å². The van der Waals surface area contributed by atoms with Gasteiger partial charge in [0.1, 0.15) is 0 Å². The smallest absolute Gasteiger partial charge is 0.301 e. The summed E-state index contributed by atoms with van der Waals surface area (Å²) in [7, 11) is 0. The fraction of sp³-hybridized carbons (Fsp3) is 0.778. The molecule has 7 heteroatoms. The lowest BCUT2D eigenvalue weighted by atomic mass is 10.4. The van der Waals surface area contributed by atoms with Crippen LogP contribution in [0.3, 0.4) is 0 Å². The van der Waals surface area contributed by atoms with Crippen LogP contribution in [0.2, 0.25) is 0 Å². The second kappa shape index (κ2) is 9.16. The summed E-state index contributed by atoms with van der Waals surface area (Å²) in [5.41, 5.74) is 0. The van der Waals surface area contributed by atoms with E-state index >= 15 is 0 Å². The van der Waals surface area contributed by atoms with Gasteiger partial charge in [-0.1, -0.05) is 6.92 Å². The topological polar surface area (TPSA) is 35.5 Å². The Morgan fingerprint density at radius 2 is 2.06 bits per heavy atom. The third-order valence-electron chi connectivity index (χ3n) is 1.41. The van der Waals surface area contributed by atoms with Gasteiger partial charge in [0.2, 0.25) is 0 Å². The number of hydrogen-bond acceptors (Lipinski definition) is 4. The van der Waals surface area contributed by atoms with Crippen molar-refractivity contribution in [3.05, 3.63) is 12.2 Å². The molecule has 0 aliphatic heterocycles. The molecular weight excluding hydrogens is 257 g/mol. The Morgan fingerprint density at radius 3 is 2.56 bits per heavy atom. The second-order valence-electron chi connectivity index (χ2n) is 2.81. The van der Waals surface area contributed by atoms with Crippen molar-refractivity contribution in [2.75, 3.05) is 19.0 Å². The van der Waals surface area contributed by atoms with Gasteiger partial charge >= 0.3 is 6.80 Å². The average molecular weight is 274 g/mol. The van der Waals surface area contributed by atoms with E-state index in [-0.39, 0.29) is 19.6 Å². The minimum atomic E-state index is -3.15. The van der Waals surface area contributed by atoms with E-state index in [1.807, 2.05) is 6.92 Å². The molecule has 0 N–H and O–H groups in total. The molecule has 1 atom stereocenters. The molecule has 0 aromatic rings. The van der Waals surface area contributed by atoms with Gasteiger partial charge in [0.25, 0.3) is 6.08 Å². The highest BCUT2D eigenvalue weighted by Gasteiger charge is 2.23. The predicted molar refractivity (Wildman–Crippen MR) is 62.8 cm³/mol. The summed E-state index contributed by atoms with van der Waals surface area (Å²) in [5, 5.41) is 0. The van der Waals surface area contributed by atoms with E-state index in [0.717, 1.165) is 23.9 Å². The summed E-state index contributed by atoms with van der Waals surface area (Å²) < 4.78 is 45.4. The molecular formula is C9H17F2O3PS. The van der Waals surface area contributed by atoms with E-state index in [0.29, 0.717) is 5.75 Å². The zero-order valence-electron chi connectivity index (χ0n) is 9.45. The number of rotatable bonds is 9. The summed E-state index contributed by atoms with van der Waals surface area (Å²) in [6.07, 6.45) is -0.132. The number of hydrogen-bond donors (Lipinski definition) is 0. The molecule has 0 aromatic heterocycles. The monoisotopic (exact) mass is 274 g/mol. The SMILES string of the molecule is CCCSP(=O)(OCC)OCCC=C(F)F. The van der Waals surface area contributed by atoms with Crippen LogP contribution in [0, 0.1) is 0 Å². The van der Waals surface area contributed by atoms with Crippen LogP contribution in [0.5, 0.6) is 0 Å². The van der Waals surface area contributed by atoms with Crippen molar-refractivity contribution in [1.82, 2.24) is 0 Å². The molecule has 0 heterocycles. The first-order chi connectivity index (χ1) is 7.54. The second-order valence-corrected chi connectivity index (χ2v) is 7.01. The summed E-state index contributed by atoms with van der Waals surface area (Å²) in [6.45, 7) is 0.764. The fourth-order valence-corrected chi connectivity index (χ4v) is 4.29. The van der Waals surface area contributed by atoms with Gasteiger partial charge in [0.15, 0.2) is 0 Å². The molecule has 0 rings (SSSR count). The van der Waals surface area contributed by atoms with Crippen molar-refractivity contribution < 1.29 is 22.4 Å². The van der Waals surface area contributed by atoms with Gasteiger partial charge in [-0.25, -0.2) is 4.57 Å². The van der Waals surface area contributed by atoms with Crippen LogP contribution in [-0.2, 0) is 13.6 Å². The van der Waals surface area contributed by atoms with Crippen molar-refractivity contribution in [2.24, 2.45) is 0 Å². The molecule has 0 fully saturated rings. The van der Waals surface area contributed by atoms with Crippen LogP contribution in [0.4, 0.5) is 8.78 Å². The molecule has 0 aromatic carbocycles. The third-order valence-corrected chi connectivity index (χ3v) is 5.52. The first-order valence-corrected chi connectivity index (χ1v) is 8.22. The Kier molecular flexibility index (Phi) is 9.22. The van der Waals surface area contributed by atoms with E-state index < -0.39 is 12.9 Å². The summed E-state index contributed by atoms with van der Waals surface area (Å²) >= 11 is 1.11. The predicted octanol–water partition coefficient (Wildman–Crippen LogP) is 4.46. The van der Waals surface area contributed by atoms with E-state index in [2.05, 4.69) is 0 Å². The molecule has 3 nitrogen and oxygen atoms in total. The molecule has 96 valence electrons. The third kappa shape index (κ3) is 8.28. The van der Waals surface area contributed by atoms with Crippen LogP contribution in [0.15, 0.2) is 12.2 Å². The Hall–Kier alpha value is 0.100. The highest BCUT2D eigenvalue weighted by atomic mass is 32.7. The Balaban J connectivity index is 4.01. The number of halogens is 2. The molecule has 0 aliphatic carbocycles. The normalized spacial score (nSPS) is 14.5. The quantitative estimate of drug-likeness (QED) is 0.459. The molecule has 0 amide bonds. The van der Waals surface area contributed by atoms with E-state index in [4.69, 9.17) is 9.05 Å². The van der Waals surface area contributed by atoms with E-state index in [9.17, 15) is 13.3 Å². The van der Waals surface area contributed by atoms with Gasteiger partial charge < -0.3 is 9.05 Å². The van der Waals surface area contributed by atoms with Crippen LogP contribution in [0.25, 0.3) is 0 Å². The van der Waals surface area contributed by atoms with Crippen LogP contribution in [-0.4, -0.2) is 19.0 Å². The van der Waals surface area contributed by atoms with E-state index in [1.54, 1.807) is 6.92 Å². The van der Waals surface area contributed by atoms with Crippen LogP contribution in [0.1, 0.15) is 26.7 Å². The Labute approximate surface area is 98.9 Å². The molecule has 0 radical (unpaired) electrons. The van der Waals surface area contributed by atoms with Gasteiger partial charge in [-0.2, -0.15) is 8.78 Å². The maximum absolute atomic E-state index is 11.9. The molecule has 0 bridgehead atoms. The molecule has 0 saturated heterocycles. The molecule has 0 aliphatic rings. The van der Waals surface area contributed by atoms with Crippen molar-refractivity contribution in [2.45, 2.75) is 26.7 Å². The summed E-state index contributed by atoms with van der Waals surface area (Å²) in [5.74, 6) is 0.657. The first-order valence-electron chi connectivity index (χ1n) is 5.09. The van der Waals surface area contributed by atoms with Gasteiger partial charge in [-0.05, 0) is 37.2 Å². The molecule has 1 unspecified atom stereocenters. The Morgan fingerprint density at radius 1 is 1.38 bits per heavy atom. The fourth-order valence-electron chi connectivity index (χ4n) is 0.806. The molecule has 0 saturated carbocycles. The van der Waals surface area contributed by atoms with Crippen molar-refractivity contribution in [3.8, 4) is 0 Å². The van der Waals surface area contributed by atoms with Crippen molar-refractivity contribution in [1.29, 1.82) is 0 Å². The Bertz CT molecular complexity index is 257. The zero-order valence-corrected chi connectivity index (χ0v) is 11.2. The van der Waals surface area contributed by atoms with Crippen molar-refractivity contribution >= 4 is 18.2 Å². The minimum absolute atomic E-state index is 0.0225. The van der Waals surface area contributed by atoms with Crippen molar-refractivity contribution in [3.63, 3.8) is 0 Å². The zero-order chi connectivity index (χ0) is 12.4. The lowest BCUT2D eigenvalue weighted by Gasteiger charge is -2.15. The highest BCUT2D eigenvalue weighted by Crippen LogP contribution is 2.60. The summed E-state index contributed by atoms with van der Waals surface area (Å²) in [4.78, 5) is 0. The molecule has 16 heavy (non-hydrogen) atoms. The van der Waals surface area contributed by atoms with Gasteiger partial charge in [0.05, 0.1) is 13.2 Å². The maximum Gasteiger partial charge on any atom is 0.389 e. The summed E-state index contributed by atoms with van der Waals surface area (Å²) in [6, 6.07) is 0. The lowest BCUT2D eigenvalue weighted by molar-refractivity contribution is 0.230. The maximum atomic E-state index is 11.9. The highest BCUT2D eigenvalue weighted by molar-refractivity contribution is 8.55. The van der Waals surface area contributed by atoms with Crippen LogP contribution >= 0.6 is 18.2 Å². The standard InChI is InChI=1S/C9H17F2O3PS/c1-3-8-16-15(12,13-4-2)14-7-5-6-9(10)11/h6H,3-5,7-8H2,1-2H3. The van der Waals surface area contributed by atoms with Gasteiger partial charge in [-0.15, -0.1) is 0 Å². The lowest BCUT2D eigenvalue weighted by Crippen LogP contribution is -1.95. The largest absolute Gasteiger partial charge is 0.389 e. The molecule has 0 spiro atoms. The average Bonchev–Trinajstić information content (AvgIpc) is 2.22. The van der Waals surface area contributed by atoms with Gasteiger partial charge in [-0.3, -0.25) is 0 Å². The first kappa shape index (κ1) is 16.1. The minimum Gasteiger partial charge on any atom is -0.301 e. The van der Waals surface area contributed by atoms with Crippen LogP contribution < -0.4 is 0 Å².